The van der Waals surface area contributed by atoms with Gasteiger partial charge in [0.15, 0.2) is 5.36 Å². The normalized spacial score (nSPS) is 13.1. The molecule has 0 amide bonds. The van der Waals surface area contributed by atoms with Crippen molar-refractivity contribution in [2.45, 2.75) is 0 Å². The van der Waals surface area contributed by atoms with E-state index in [2.05, 4.69) is 4.99 Å². The van der Waals surface area contributed by atoms with Crippen molar-refractivity contribution in [2.75, 3.05) is 0 Å². The first kappa shape index (κ1) is 16.5. The smallest absolute Gasteiger partial charge is 0.870 e. The van der Waals surface area contributed by atoms with Crippen molar-refractivity contribution in [2.24, 2.45) is 4.99 Å². The number of Topliss-reactive ketones (excluding diaryl/α,β-unsaturated/α-hetero) is 1. The zero-order valence-electron chi connectivity index (χ0n) is 12.7. The monoisotopic (exact) mass is 325 g/mol. The van der Waals surface area contributed by atoms with E-state index in [-0.39, 0.29) is 62.5 Å². The minimum Gasteiger partial charge on any atom is -0.870 e. The molecule has 0 saturated heterocycles. The largest absolute Gasteiger partial charge is 1.00 e. The summed E-state index contributed by atoms with van der Waals surface area (Å²) in [7, 11) is 0. The van der Waals surface area contributed by atoms with Crippen molar-refractivity contribution in [3.8, 4) is 0 Å². The number of benzene rings is 2. The summed E-state index contributed by atoms with van der Waals surface area (Å²) >= 11 is 0. The van der Waals surface area contributed by atoms with E-state index in [0.717, 1.165) is 0 Å². The van der Waals surface area contributed by atoms with E-state index in [0.29, 0.717) is 0 Å². The molecule has 0 N–H and O–H groups in total. The third-order valence-corrected chi connectivity index (χ3v) is 3.92. The summed E-state index contributed by atoms with van der Waals surface area (Å²) in [5.41, 5.74) is -1.01. The Bertz CT molecular complexity index is 1130. The molecule has 4 rings (SSSR count). The van der Waals surface area contributed by atoms with Gasteiger partial charge in [-0.3, -0.25) is 14.4 Å². The molecule has 24 heavy (non-hydrogen) atoms. The first-order valence-electron chi connectivity index (χ1n) is 6.92. The second-order valence-electron chi connectivity index (χ2n) is 5.22. The van der Waals surface area contributed by atoms with E-state index in [1.807, 2.05) is 0 Å². The summed E-state index contributed by atoms with van der Waals surface area (Å²) in [5, 5.41) is 12.4. The molecule has 0 radical (unpaired) electrons. The standard InChI is InChI=1S/C18H9NO4.Na/c20-15-9-5-1-2-6-10(9)16(21)13(15)19-14-17(22)11-7-3-4-8-12(11)18(14)23;/h1-8,20H;/q;+1/p-1. The van der Waals surface area contributed by atoms with Gasteiger partial charge in [-0.15, -0.1) is 0 Å². The van der Waals surface area contributed by atoms with E-state index in [9.17, 15) is 19.5 Å². The van der Waals surface area contributed by atoms with Gasteiger partial charge in [0.1, 0.15) is 5.70 Å². The summed E-state index contributed by atoms with van der Waals surface area (Å²) in [6.07, 6.45) is 0. The fraction of sp³-hybridized carbons (Fsp3) is 0. The van der Waals surface area contributed by atoms with E-state index in [1.165, 1.54) is 24.3 Å². The van der Waals surface area contributed by atoms with Crippen molar-refractivity contribution < 1.29 is 39.5 Å². The maximum atomic E-state index is 12.3. The van der Waals surface area contributed by atoms with Gasteiger partial charge in [-0.2, -0.15) is 0 Å². The molecule has 1 aliphatic carbocycles. The van der Waals surface area contributed by atoms with Gasteiger partial charge in [-0.05, 0) is 5.56 Å². The Kier molecular flexibility index (Phi) is 4.09. The van der Waals surface area contributed by atoms with Gasteiger partial charge in [-0.1, -0.05) is 54.3 Å². The number of rotatable bonds is 1. The Labute approximate surface area is 157 Å². The van der Waals surface area contributed by atoms with Gasteiger partial charge in [-0.25, -0.2) is 4.99 Å². The van der Waals surface area contributed by atoms with Crippen LogP contribution in [-0.2, 0) is 0 Å². The van der Waals surface area contributed by atoms with Crippen LogP contribution in [0, 0.1) is 0 Å². The molecule has 0 spiro atoms. The topological polar surface area (TPSA) is 86.6 Å². The molecule has 0 saturated carbocycles. The summed E-state index contributed by atoms with van der Waals surface area (Å²) in [6, 6.07) is 12.7. The zero-order valence-corrected chi connectivity index (χ0v) is 14.7. The van der Waals surface area contributed by atoms with Crippen molar-refractivity contribution >= 4 is 22.3 Å². The molecule has 0 heterocycles. The maximum absolute atomic E-state index is 12.3. The van der Waals surface area contributed by atoms with Crippen molar-refractivity contribution in [1.29, 1.82) is 0 Å². The summed E-state index contributed by atoms with van der Waals surface area (Å²) < 4.78 is 0. The van der Waals surface area contributed by atoms with Crippen LogP contribution in [0.25, 0.3) is 16.5 Å². The molecule has 0 bridgehead atoms. The number of nitrogens with zero attached hydrogens (tertiary/aromatic N) is 1. The van der Waals surface area contributed by atoms with Gasteiger partial charge in [0.05, 0.1) is 0 Å². The minimum atomic E-state index is -0.561. The SMILES string of the molecule is O=C1C(N=c2c(=O)c3ccccc3c2=O)=C([O-])c2ccccc21.[Na+]. The van der Waals surface area contributed by atoms with Crippen molar-refractivity contribution in [1.82, 2.24) is 0 Å². The molecule has 110 valence electrons. The van der Waals surface area contributed by atoms with Crippen LogP contribution in [-0.4, -0.2) is 5.78 Å². The number of fused-ring (bicyclic) bond motifs is 2. The third-order valence-electron chi connectivity index (χ3n) is 3.92. The van der Waals surface area contributed by atoms with Crippen LogP contribution in [0.3, 0.4) is 0 Å². The number of hydrogen-bond acceptors (Lipinski definition) is 5. The summed E-state index contributed by atoms with van der Waals surface area (Å²) in [4.78, 5) is 40.7. The number of carbonyl (C=O) groups excluding carboxylic acids is 1. The molecule has 1 aliphatic rings. The van der Waals surface area contributed by atoms with Crippen LogP contribution in [0.1, 0.15) is 15.9 Å². The molecule has 0 fully saturated rings. The second-order valence-corrected chi connectivity index (χ2v) is 5.22. The minimum absolute atomic E-state index is 0. The van der Waals surface area contributed by atoms with Gasteiger partial charge in [0.2, 0.25) is 16.6 Å². The van der Waals surface area contributed by atoms with Crippen molar-refractivity contribution in [3.05, 3.63) is 91.2 Å². The molecule has 5 nitrogen and oxygen atoms in total. The fourth-order valence-electron chi connectivity index (χ4n) is 2.79. The van der Waals surface area contributed by atoms with Gasteiger partial charge < -0.3 is 5.11 Å². The fourth-order valence-corrected chi connectivity index (χ4v) is 2.79. The molecule has 0 unspecified atom stereocenters. The Morgan fingerprint density at radius 3 is 1.79 bits per heavy atom. The van der Waals surface area contributed by atoms with Crippen LogP contribution in [0.2, 0.25) is 0 Å². The second kappa shape index (κ2) is 5.94. The predicted octanol–water partition coefficient (Wildman–Crippen LogP) is -2.73. The molecule has 0 atom stereocenters. The van der Waals surface area contributed by atoms with Crippen LogP contribution in [0.15, 0.2) is 68.8 Å². The third kappa shape index (κ3) is 2.21. The number of allylic oxidation sites excluding steroid dienone is 1. The Morgan fingerprint density at radius 2 is 1.25 bits per heavy atom. The van der Waals surface area contributed by atoms with E-state index in [1.54, 1.807) is 24.3 Å². The number of ketones is 1. The van der Waals surface area contributed by atoms with E-state index >= 15 is 0 Å². The molecule has 3 aromatic carbocycles. The quantitative estimate of drug-likeness (QED) is 0.455. The van der Waals surface area contributed by atoms with Crippen LogP contribution in [0.5, 0.6) is 0 Å². The van der Waals surface area contributed by atoms with Gasteiger partial charge in [0.25, 0.3) is 0 Å². The Hall–Kier alpha value is -2.34. The Balaban J connectivity index is 0.00000169. The summed E-state index contributed by atoms with van der Waals surface area (Å²) in [6.45, 7) is 0. The molecule has 0 aliphatic heterocycles. The molecule has 0 aromatic heterocycles. The maximum Gasteiger partial charge on any atom is 1.00 e. The van der Waals surface area contributed by atoms with Gasteiger partial charge >= 0.3 is 29.6 Å². The van der Waals surface area contributed by atoms with Crippen LogP contribution < -0.4 is 50.9 Å². The van der Waals surface area contributed by atoms with E-state index in [4.69, 9.17) is 0 Å². The summed E-state index contributed by atoms with van der Waals surface area (Å²) in [5.74, 6) is -1.12. The van der Waals surface area contributed by atoms with Gasteiger partial charge in [0, 0.05) is 16.3 Å². The first-order valence-corrected chi connectivity index (χ1v) is 6.92. The molecule has 3 aromatic rings. The molecule has 6 heteroatoms. The average Bonchev–Trinajstić information content (AvgIpc) is 2.97. The first-order chi connectivity index (χ1) is 11.1. The zero-order chi connectivity index (χ0) is 16.1. The predicted molar refractivity (Wildman–Crippen MR) is 82.1 cm³/mol. The molecular formula is C18H8NNaO4. The Morgan fingerprint density at radius 1 is 0.750 bits per heavy atom. The van der Waals surface area contributed by atoms with E-state index < -0.39 is 22.4 Å². The average molecular weight is 325 g/mol. The number of carbonyl (C=O) groups is 1. The molecular weight excluding hydrogens is 317 g/mol. The van der Waals surface area contributed by atoms with Crippen LogP contribution in [0.4, 0.5) is 0 Å². The van der Waals surface area contributed by atoms with Crippen LogP contribution >= 0.6 is 0 Å². The number of hydrogen-bond donors (Lipinski definition) is 0. The van der Waals surface area contributed by atoms with Crippen molar-refractivity contribution in [3.63, 3.8) is 0 Å².